The Morgan fingerprint density at radius 3 is 2.68 bits per heavy atom. The fourth-order valence-electron chi connectivity index (χ4n) is 3.49. The monoisotopic (exact) mass is 371 g/mol. The van der Waals surface area contributed by atoms with Crippen LogP contribution in [0.1, 0.15) is 24.8 Å². The first-order valence-corrected chi connectivity index (χ1v) is 9.15. The molecule has 2 aliphatic rings. The lowest BCUT2D eigenvalue weighted by Gasteiger charge is -2.32. The van der Waals surface area contributed by atoms with Gasteiger partial charge in [0.2, 0.25) is 5.91 Å². The number of nitrogens with zero attached hydrogens (tertiary/aromatic N) is 1. The number of amides is 1. The molecule has 2 aliphatic heterocycles. The molecule has 1 amide bonds. The normalized spacial score (nSPS) is 24.4. The molecule has 0 radical (unpaired) electrons. The average Bonchev–Trinajstić information content (AvgIpc) is 2.96. The first-order chi connectivity index (χ1) is 11.9. The van der Waals surface area contributed by atoms with E-state index in [1.165, 1.54) is 0 Å². The summed E-state index contributed by atoms with van der Waals surface area (Å²) in [7, 11) is 0. The maximum atomic E-state index is 13.1. The molecule has 3 rings (SSSR count). The van der Waals surface area contributed by atoms with Gasteiger partial charge in [0.15, 0.2) is 0 Å². The summed E-state index contributed by atoms with van der Waals surface area (Å²) < 4.78 is 26.3. The fourth-order valence-corrected chi connectivity index (χ4v) is 3.68. The summed E-state index contributed by atoms with van der Waals surface area (Å²) >= 11 is 6.21. The van der Waals surface area contributed by atoms with Crippen molar-refractivity contribution < 1.29 is 13.6 Å². The molecule has 0 saturated carbocycles. The molecule has 2 N–H and O–H groups in total. The molecule has 0 spiro atoms. The van der Waals surface area contributed by atoms with Crippen LogP contribution in [-0.4, -0.2) is 49.0 Å². The van der Waals surface area contributed by atoms with Crippen LogP contribution < -0.4 is 10.6 Å². The van der Waals surface area contributed by atoms with Gasteiger partial charge >= 0.3 is 0 Å². The van der Waals surface area contributed by atoms with Gasteiger partial charge in [-0.05, 0) is 43.5 Å². The van der Waals surface area contributed by atoms with Crippen molar-refractivity contribution in [1.29, 1.82) is 0 Å². The van der Waals surface area contributed by atoms with Crippen molar-refractivity contribution in [2.24, 2.45) is 5.92 Å². The number of benzene rings is 1. The number of carbonyl (C=O) groups is 1. The molecule has 2 fully saturated rings. The van der Waals surface area contributed by atoms with Crippen LogP contribution in [0.4, 0.5) is 8.78 Å². The van der Waals surface area contributed by atoms with Gasteiger partial charge in [-0.15, -0.1) is 0 Å². The lowest BCUT2D eigenvalue weighted by atomic mass is 9.96. The third kappa shape index (κ3) is 5.12. The second-order valence-corrected chi connectivity index (χ2v) is 7.46. The van der Waals surface area contributed by atoms with E-state index in [2.05, 4.69) is 15.5 Å². The summed E-state index contributed by atoms with van der Waals surface area (Å²) in [4.78, 5) is 14.3. The quantitative estimate of drug-likeness (QED) is 0.836. The Labute approximate surface area is 151 Å². The lowest BCUT2D eigenvalue weighted by molar-refractivity contribution is -0.123. The first kappa shape index (κ1) is 18.5. The Morgan fingerprint density at radius 1 is 1.32 bits per heavy atom. The molecule has 1 aromatic rings. The molecule has 0 aliphatic carbocycles. The van der Waals surface area contributed by atoms with Crippen molar-refractivity contribution in [3.63, 3.8) is 0 Å². The number of piperidine rings is 1. The van der Waals surface area contributed by atoms with Gasteiger partial charge < -0.3 is 5.32 Å². The summed E-state index contributed by atoms with van der Waals surface area (Å²) in [5, 5.41) is 6.21. The highest BCUT2D eigenvalue weighted by Gasteiger charge is 2.42. The number of hydrogen-bond donors (Lipinski definition) is 2. The van der Waals surface area contributed by atoms with Crippen molar-refractivity contribution in [1.82, 2.24) is 15.5 Å². The minimum Gasteiger partial charge on any atom is -0.354 e. The molecule has 2 heterocycles. The molecule has 0 bridgehead atoms. The number of hydrogen-bond acceptors (Lipinski definition) is 3. The van der Waals surface area contributed by atoms with Crippen LogP contribution in [0.3, 0.4) is 0 Å². The standard InChI is InChI=1S/C18H24ClF2N3O/c19-15-4-2-1-3-14(15)11-24-7-5-13(6-8-24)10-22-17(25)16-9-18(20,21)12-23-16/h1-4,13,16,23H,5-12H2,(H,22,25). The molecular formula is C18H24ClF2N3O. The first-order valence-electron chi connectivity index (χ1n) is 8.78. The van der Waals surface area contributed by atoms with E-state index < -0.39 is 24.9 Å². The summed E-state index contributed by atoms with van der Waals surface area (Å²) in [6.07, 6.45) is 1.56. The van der Waals surface area contributed by atoms with Crippen molar-refractivity contribution in [2.45, 2.75) is 37.8 Å². The minimum atomic E-state index is -2.77. The maximum absolute atomic E-state index is 13.1. The number of nitrogens with one attached hydrogen (secondary N) is 2. The van der Waals surface area contributed by atoms with Gasteiger partial charge in [0, 0.05) is 24.5 Å². The van der Waals surface area contributed by atoms with Crippen molar-refractivity contribution >= 4 is 17.5 Å². The van der Waals surface area contributed by atoms with E-state index in [1.54, 1.807) is 0 Å². The Hall–Kier alpha value is -1.24. The van der Waals surface area contributed by atoms with Crippen LogP contribution in [0.2, 0.25) is 5.02 Å². The maximum Gasteiger partial charge on any atom is 0.262 e. The van der Waals surface area contributed by atoms with Gasteiger partial charge in [-0.25, -0.2) is 8.78 Å². The summed E-state index contributed by atoms with van der Waals surface area (Å²) in [5.41, 5.74) is 1.13. The highest BCUT2D eigenvalue weighted by Crippen LogP contribution is 2.25. The van der Waals surface area contributed by atoms with Crippen LogP contribution in [0.15, 0.2) is 24.3 Å². The van der Waals surface area contributed by atoms with Gasteiger partial charge in [-0.2, -0.15) is 0 Å². The molecule has 7 heteroatoms. The molecule has 138 valence electrons. The summed E-state index contributed by atoms with van der Waals surface area (Å²) in [5.74, 6) is -2.68. The number of rotatable bonds is 5. The third-order valence-electron chi connectivity index (χ3n) is 5.05. The zero-order valence-corrected chi connectivity index (χ0v) is 14.9. The molecule has 1 aromatic carbocycles. The topological polar surface area (TPSA) is 44.4 Å². The Kier molecular flexibility index (Phi) is 5.92. The largest absolute Gasteiger partial charge is 0.354 e. The SMILES string of the molecule is O=C(NCC1CCN(Cc2ccccc2Cl)CC1)C1CC(F)(F)CN1. The zero-order valence-electron chi connectivity index (χ0n) is 14.1. The number of halogens is 3. The number of likely N-dealkylation sites (tertiary alicyclic amines) is 1. The predicted octanol–water partition coefficient (Wildman–Crippen LogP) is 2.67. The molecule has 0 aromatic heterocycles. The molecule has 2 saturated heterocycles. The van der Waals surface area contributed by atoms with Gasteiger partial charge in [-0.3, -0.25) is 15.0 Å². The highest BCUT2D eigenvalue weighted by molar-refractivity contribution is 6.31. The van der Waals surface area contributed by atoms with Crippen LogP contribution in [0.25, 0.3) is 0 Å². The van der Waals surface area contributed by atoms with E-state index in [1.807, 2.05) is 24.3 Å². The summed E-state index contributed by atoms with van der Waals surface area (Å²) in [6.45, 7) is 2.88. The van der Waals surface area contributed by atoms with Gasteiger partial charge in [0.05, 0.1) is 12.6 Å². The Bertz CT molecular complexity index is 606. The number of carbonyl (C=O) groups excluding carboxylic acids is 1. The molecule has 4 nitrogen and oxygen atoms in total. The molecule has 1 unspecified atom stereocenters. The molecule has 1 atom stereocenters. The smallest absolute Gasteiger partial charge is 0.262 e. The van der Waals surface area contributed by atoms with E-state index in [-0.39, 0.29) is 5.91 Å². The van der Waals surface area contributed by atoms with E-state index in [9.17, 15) is 13.6 Å². The van der Waals surface area contributed by atoms with E-state index in [4.69, 9.17) is 11.6 Å². The van der Waals surface area contributed by atoms with Gasteiger partial charge in [0.25, 0.3) is 5.92 Å². The van der Waals surface area contributed by atoms with Crippen LogP contribution in [-0.2, 0) is 11.3 Å². The van der Waals surface area contributed by atoms with Crippen molar-refractivity contribution in [3.05, 3.63) is 34.9 Å². The predicted molar refractivity (Wildman–Crippen MR) is 93.8 cm³/mol. The van der Waals surface area contributed by atoms with E-state index >= 15 is 0 Å². The van der Waals surface area contributed by atoms with E-state index in [0.717, 1.165) is 43.1 Å². The number of alkyl halides is 2. The van der Waals surface area contributed by atoms with Crippen LogP contribution in [0.5, 0.6) is 0 Å². The zero-order chi connectivity index (χ0) is 17.9. The molecule has 25 heavy (non-hydrogen) atoms. The minimum absolute atomic E-state index is 0.310. The van der Waals surface area contributed by atoms with Crippen molar-refractivity contribution in [2.75, 3.05) is 26.2 Å². The average molecular weight is 372 g/mol. The van der Waals surface area contributed by atoms with Crippen LogP contribution >= 0.6 is 11.6 Å². The van der Waals surface area contributed by atoms with Crippen molar-refractivity contribution in [3.8, 4) is 0 Å². The van der Waals surface area contributed by atoms with E-state index in [0.29, 0.717) is 12.5 Å². The third-order valence-corrected chi connectivity index (χ3v) is 5.42. The van der Waals surface area contributed by atoms with Gasteiger partial charge in [-0.1, -0.05) is 29.8 Å². The fraction of sp³-hybridized carbons (Fsp3) is 0.611. The molecular weight excluding hydrogens is 348 g/mol. The lowest BCUT2D eigenvalue weighted by Crippen LogP contribution is -2.44. The van der Waals surface area contributed by atoms with Gasteiger partial charge in [0.1, 0.15) is 0 Å². The second-order valence-electron chi connectivity index (χ2n) is 7.05. The summed E-state index contributed by atoms with van der Waals surface area (Å²) in [6, 6.07) is 7.09. The Morgan fingerprint density at radius 2 is 2.04 bits per heavy atom. The van der Waals surface area contributed by atoms with Crippen LogP contribution in [0, 0.1) is 5.92 Å². The second kappa shape index (κ2) is 7.98. The highest BCUT2D eigenvalue weighted by atomic mass is 35.5. The Balaban J connectivity index is 1.38.